The van der Waals surface area contributed by atoms with Crippen molar-refractivity contribution in [3.05, 3.63) is 53.0 Å². The number of rotatable bonds is 6. The summed E-state index contributed by atoms with van der Waals surface area (Å²) in [5.41, 5.74) is 3.55. The summed E-state index contributed by atoms with van der Waals surface area (Å²) in [5, 5.41) is 3.48. The van der Waals surface area contributed by atoms with Gasteiger partial charge in [0, 0.05) is 18.2 Å². The zero-order valence-electron chi connectivity index (χ0n) is 12.1. The lowest BCUT2D eigenvalue weighted by Gasteiger charge is -2.08. The number of hydrogen-bond acceptors (Lipinski definition) is 3. The minimum Gasteiger partial charge on any atom is -0.485 e. The number of hydrogen-bond donors (Lipinski definition) is 1. The van der Waals surface area contributed by atoms with Crippen LogP contribution in [-0.4, -0.2) is 6.04 Å². The van der Waals surface area contributed by atoms with E-state index in [0.717, 1.165) is 29.7 Å². The summed E-state index contributed by atoms with van der Waals surface area (Å²) in [6.07, 6.45) is 4.43. The van der Waals surface area contributed by atoms with Crippen LogP contribution in [-0.2, 0) is 13.2 Å². The fraction of sp³-hybridized carbons (Fsp3) is 0.412. The van der Waals surface area contributed by atoms with E-state index in [1.807, 2.05) is 6.26 Å². The second-order valence-corrected chi connectivity index (χ2v) is 5.63. The fourth-order valence-corrected chi connectivity index (χ4v) is 2.16. The lowest BCUT2D eigenvalue weighted by atomic mass is 10.1. The summed E-state index contributed by atoms with van der Waals surface area (Å²) >= 11 is 0. The molecule has 0 amide bonds. The van der Waals surface area contributed by atoms with E-state index in [1.54, 1.807) is 0 Å². The number of furan rings is 1. The maximum Gasteiger partial charge on any atom is 0.146 e. The maximum atomic E-state index is 5.84. The summed E-state index contributed by atoms with van der Waals surface area (Å²) in [4.78, 5) is 0. The summed E-state index contributed by atoms with van der Waals surface area (Å²) in [5.74, 6) is 1.80. The van der Waals surface area contributed by atoms with Crippen LogP contribution in [0.1, 0.15) is 35.3 Å². The Hall–Kier alpha value is -1.74. The summed E-state index contributed by atoms with van der Waals surface area (Å²) in [7, 11) is 0. The van der Waals surface area contributed by atoms with Crippen molar-refractivity contribution in [1.82, 2.24) is 5.32 Å². The molecule has 0 unspecified atom stereocenters. The first-order chi connectivity index (χ1) is 9.70. The number of nitrogens with one attached hydrogen (secondary N) is 1. The maximum absolute atomic E-state index is 5.84. The van der Waals surface area contributed by atoms with Gasteiger partial charge in [0.25, 0.3) is 0 Å². The molecule has 3 heteroatoms. The Bertz CT molecular complexity index is 584. The molecule has 0 radical (unpaired) electrons. The molecule has 0 atom stereocenters. The Morgan fingerprint density at radius 3 is 2.90 bits per heavy atom. The Morgan fingerprint density at radius 2 is 2.10 bits per heavy atom. The van der Waals surface area contributed by atoms with Crippen molar-refractivity contribution in [3.63, 3.8) is 0 Å². The highest BCUT2D eigenvalue weighted by Crippen LogP contribution is 2.22. The summed E-state index contributed by atoms with van der Waals surface area (Å²) in [6, 6.07) is 9.03. The molecule has 0 spiro atoms. The molecule has 1 saturated carbocycles. The van der Waals surface area contributed by atoms with Crippen molar-refractivity contribution in [3.8, 4) is 5.75 Å². The standard InChI is InChI=1S/C17H21NO2/c1-12-3-4-13(2)17(7-12)20-11-16-8-14(10-19-16)9-18-15-5-6-15/h3-4,7-8,10,15,18H,5-6,9,11H2,1-2H3. The Kier molecular flexibility index (Phi) is 3.79. The van der Waals surface area contributed by atoms with E-state index in [-0.39, 0.29) is 0 Å². The number of benzene rings is 1. The highest BCUT2D eigenvalue weighted by molar-refractivity contribution is 5.36. The zero-order chi connectivity index (χ0) is 13.9. The Morgan fingerprint density at radius 1 is 1.25 bits per heavy atom. The molecule has 0 bridgehead atoms. The molecule has 20 heavy (non-hydrogen) atoms. The first-order valence-corrected chi connectivity index (χ1v) is 7.20. The zero-order valence-corrected chi connectivity index (χ0v) is 12.1. The Labute approximate surface area is 119 Å². The lowest BCUT2D eigenvalue weighted by molar-refractivity contribution is 0.268. The monoisotopic (exact) mass is 271 g/mol. The largest absolute Gasteiger partial charge is 0.485 e. The van der Waals surface area contributed by atoms with Gasteiger partial charge in [-0.15, -0.1) is 0 Å². The van der Waals surface area contributed by atoms with Crippen LogP contribution in [0.2, 0.25) is 0 Å². The van der Waals surface area contributed by atoms with Gasteiger partial charge < -0.3 is 14.5 Å². The quantitative estimate of drug-likeness (QED) is 0.869. The minimum atomic E-state index is 0.480. The van der Waals surface area contributed by atoms with E-state index < -0.39 is 0 Å². The second-order valence-electron chi connectivity index (χ2n) is 5.63. The van der Waals surface area contributed by atoms with Crippen LogP contribution in [0.5, 0.6) is 5.75 Å². The van der Waals surface area contributed by atoms with Gasteiger partial charge in [-0.05, 0) is 49.9 Å². The van der Waals surface area contributed by atoms with Crippen molar-refractivity contribution in [2.75, 3.05) is 0 Å². The molecule has 1 aliphatic rings. The number of ether oxygens (including phenoxy) is 1. The third kappa shape index (κ3) is 3.42. The first kappa shape index (κ1) is 13.3. The fourth-order valence-electron chi connectivity index (χ4n) is 2.16. The molecule has 1 aliphatic carbocycles. The lowest BCUT2D eigenvalue weighted by Crippen LogP contribution is -2.14. The van der Waals surface area contributed by atoms with Crippen molar-refractivity contribution in [2.45, 2.75) is 45.9 Å². The molecule has 1 N–H and O–H groups in total. The Balaban J connectivity index is 1.55. The van der Waals surface area contributed by atoms with E-state index in [4.69, 9.17) is 9.15 Å². The predicted octanol–water partition coefficient (Wildman–Crippen LogP) is 3.73. The van der Waals surface area contributed by atoms with E-state index in [9.17, 15) is 0 Å². The van der Waals surface area contributed by atoms with Crippen LogP contribution in [0.3, 0.4) is 0 Å². The van der Waals surface area contributed by atoms with E-state index >= 15 is 0 Å². The molecule has 0 aliphatic heterocycles. The average Bonchev–Trinajstić information content (AvgIpc) is 3.16. The van der Waals surface area contributed by atoms with Crippen molar-refractivity contribution < 1.29 is 9.15 Å². The second kappa shape index (κ2) is 5.71. The van der Waals surface area contributed by atoms with Gasteiger partial charge in [0.15, 0.2) is 0 Å². The van der Waals surface area contributed by atoms with Gasteiger partial charge in [0.2, 0.25) is 0 Å². The SMILES string of the molecule is Cc1ccc(C)c(OCc2cc(CNC3CC3)co2)c1. The van der Waals surface area contributed by atoms with Crippen molar-refractivity contribution in [1.29, 1.82) is 0 Å². The molecule has 2 aromatic rings. The van der Waals surface area contributed by atoms with E-state index in [1.165, 1.54) is 24.0 Å². The summed E-state index contributed by atoms with van der Waals surface area (Å²) in [6.45, 7) is 5.49. The summed E-state index contributed by atoms with van der Waals surface area (Å²) < 4.78 is 11.4. The van der Waals surface area contributed by atoms with Crippen LogP contribution in [0.25, 0.3) is 0 Å². The van der Waals surface area contributed by atoms with Gasteiger partial charge in [0.05, 0.1) is 6.26 Å². The third-order valence-electron chi connectivity index (χ3n) is 3.59. The molecule has 1 fully saturated rings. The molecule has 106 valence electrons. The molecular weight excluding hydrogens is 250 g/mol. The van der Waals surface area contributed by atoms with Crippen LogP contribution < -0.4 is 10.1 Å². The molecule has 3 rings (SSSR count). The predicted molar refractivity (Wildman–Crippen MR) is 78.8 cm³/mol. The van der Waals surface area contributed by atoms with Gasteiger partial charge in [0.1, 0.15) is 18.1 Å². The van der Waals surface area contributed by atoms with E-state index in [0.29, 0.717) is 6.61 Å². The molecule has 1 aromatic carbocycles. The van der Waals surface area contributed by atoms with Crippen LogP contribution >= 0.6 is 0 Å². The van der Waals surface area contributed by atoms with Gasteiger partial charge in [-0.25, -0.2) is 0 Å². The smallest absolute Gasteiger partial charge is 0.146 e. The highest BCUT2D eigenvalue weighted by Gasteiger charge is 2.20. The average molecular weight is 271 g/mol. The first-order valence-electron chi connectivity index (χ1n) is 7.20. The minimum absolute atomic E-state index is 0.480. The normalized spacial score (nSPS) is 14.5. The molecule has 1 heterocycles. The number of aryl methyl sites for hydroxylation is 2. The molecular formula is C17H21NO2. The van der Waals surface area contributed by atoms with Gasteiger partial charge in [-0.3, -0.25) is 0 Å². The molecule has 1 aromatic heterocycles. The third-order valence-corrected chi connectivity index (χ3v) is 3.59. The van der Waals surface area contributed by atoms with Crippen molar-refractivity contribution in [2.24, 2.45) is 0 Å². The van der Waals surface area contributed by atoms with E-state index in [2.05, 4.69) is 43.4 Å². The van der Waals surface area contributed by atoms with Crippen LogP contribution in [0.15, 0.2) is 34.9 Å². The van der Waals surface area contributed by atoms with Crippen molar-refractivity contribution >= 4 is 0 Å². The molecule has 0 saturated heterocycles. The highest BCUT2D eigenvalue weighted by atomic mass is 16.5. The van der Waals surface area contributed by atoms with Crippen LogP contribution in [0, 0.1) is 13.8 Å². The van der Waals surface area contributed by atoms with Gasteiger partial charge in [-0.2, -0.15) is 0 Å². The van der Waals surface area contributed by atoms with Gasteiger partial charge in [-0.1, -0.05) is 12.1 Å². The topological polar surface area (TPSA) is 34.4 Å². The molecule has 3 nitrogen and oxygen atoms in total. The van der Waals surface area contributed by atoms with Crippen LogP contribution in [0.4, 0.5) is 0 Å². The van der Waals surface area contributed by atoms with Gasteiger partial charge >= 0.3 is 0 Å².